The van der Waals surface area contributed by atoms with Gasteiger partial charge in [-0.05, 0) is 85.6 Å². The normalized spacial score (nSPS) is 19.9. The number of hydrogen-bond donors (Lipinski definition) is 2. The molecule has 1 amide bonds. The van der Waals surface area contributed by atoms with Crippen LogP contribution in [0.5, 0.6) is 0 Å². The van der Waals surface area contributed by atoms with E-state index in [0.717, 1.165) is 67.4 Å². The average Bonchev–Trinajstić information content (AvgIpc) is 3.25. The van der Waals surface area contributed by atoms with E-state index in [2.05, 4.69) is 9.88 Å². The van der Waals surface area contributed by atoms with Gasteiger partial charge < -0.3 is 20.4 Å². The van der Waals surface area contributed by atoms with Crippen molar-refractivity contribution in [3.63, 3.8) is 0 Å². The second kappa shape index (κ2) is 8.64. The first-order valence-electron chi connectivity index (χ1n) is 11.2. The molecule has 5 rings (SSSR count). The Labute approximate surface area is 185 Å². The minimum Gasteiger partial charge on any atom is -0.373 e. The fraction of sp³-hybridized carbons (Fsp3) is 0.400. The van der Waals surface area contributed by atoms with Crippen molar-refractivity contribution < 1.29 is 18.3 Å². The van der Waals surface area contributed by atoms with Gasteiger partial charge in [0.25, 0.3) is 0 Å². The highest BCUT2D eigenvalue weighted by molar-refractivity contribution is 5.93. The largest absolute Gasteiger partial charge is 0.373 e. The molecule has 32 heavy (non-hydrogen) atoms. The maximum Gasteiger partial charge on any atom is 0.248 e. The summed E-state index contributed by atoms with van der Waals surface area (Å²) in [6, 6.07) is 8.54. The summed E-state index contributed by atoms with van der Waals surface area (Å²) in [7, 11) is 0. The Bertz CT molecular complexity index is 1150. The number of ether oxygens (including phenoxy) is 1. The Morgan fingerprint density at radius 3 is 2.75 bits per heavy atom. The number of aromatic amines is 1. The number of piperidine rings is 1. The lowest BCUT2D eigenvalue weighted by atomic mass is 9.88. The molecule has 3 aromatic rings. The van der Waals surface area contributed by atoms with Gasteiger partial charge in [-0.15, -0.1) is 0 Å². The number of nitrogens with two attached hydrogens (primary N) is 1. The van der Waals surface area contributed by atoms with Crippen LogP contribution < -0.4 is 5.73 Å². The summed E-state index contributed by atoms with van der Waals surface area (Å²) in [5.74, 6) is -1.69. The first kappa shape index (κ1) is 21.1. The number of aromatic nitrogens is 1. The van der Waals surface area contributed by atoms with Gasteiger partial charge in [0.2, 0.25) is 5.91 Å². The van der Waals surface area contributed by atoms with Crippen LogP contribution in [0.3, 0.4) is 0 Å². The van der Waals surface area contributed by atoms with E-state index in [0.29, 0.717) is 18.1 Å². The van der Waals surface area contributed by atoms with Gasteiger partial charge in [-0.25, -0.2) is 8.78 Å². The number of hydrogen-bond acceptors (Lipinski definition) is 3. The van der Waals surface area contributed by atoms with Crippen molar-refractivity contribution in [2.75, 3.05) is 26.2 Å². The van der Waals surface area contributed by atoms with Gasteiger partial charge in [-0.2, -0.15) is 0 Å². The summed E-state index contributed by atoms with van der Waals surface area (Å²) < 4.78 is 33.6. The van der Waals surface area contributed by atoms with Crippen LogP contribution in [0.1, 0.15) is 58.3 Å². The lowest BCUT2D eigenvalue weighted by Gasteiger charge is -2.34. The van der Waals surface area contributed by atoms with Gasteiger partial charge in [0, 0.05) is 23.7 Å². The molecule has 1 atom stereocenters. The zero-order valence-electron chi connectivity index (χ0n) is 17.9. The molecule has 168 valence electrons. The molecular formula is C25H27F2N3O2. The summed E-state index contributed by atoms with van der Waals surface area (Å²) in [4.78, 5) is 16.8. The second-order valence-corrected chi connectivity index (χ2v) is 8.82. The molecule has 3 heterocycles. The van der Waals surface area contributed by atoms with Crippen LogP contribution in [-0.2, 0) is 11.2 Å². The number of H-pyrrole nitrogens is 1. The number of halogens is 2. The van der Waals surface area contributed by atoms with E-state index >= 15 is 0 Å². The molecule has 1 aromatic heterocycles. The van der Waals surface area contributed by atoms with Crippen LogP contribution in [-0.4, -0.2) is 42.0 Å². The lowest BCUT2D eigenvalue weighted by Crippen LogP contribution is -2.34. The lowest BCUT2D eigenvalue weighted by molar-refractivity contribution is 0.0275. The average molecular weight is 440 g/mol. The molecule has 0 bridgehead atoms. The van der Waals surface area contributed by atoms with E-state index < -0.39 is 17.5 Å². The molecule has 1 unspecified atom stereocenters. The number of fused-ring (bicyclic) bond motifs is 2. The van der Waals surface area contributed by atoms with Gasteiger partial charge in [0.05, 0.1) is 18.2 Å². The van der Waals surface area contributed by atoms with Crippen molar-refractivity contribution in [2.45, 2.75) is 37.7 Å². The minimum atomic E-state index is -0.821. The van der Waals surface area contributed by atoms with E-state index in [-0.39, 0.29) is 11.6 Å². The molecule has 5 nitrogen and oxygen atoms in total. The second-order valence-electron chi connectivity index (χ2n) is 8.82. The Kier molecular flexibility index (Phi) is 5.69. The van der Waals surface area contributed by atoms with Crippen LogP contribution >= 0.6 is 0 Å². The highest BCUT2D eigenvalue weighted by Gasteiger charge is 2.26. The molecule has 2 aromatic carbocycles. The number of carbonyl (C=O) groups excluding carboxylic acids is 1. The molecule has 0 spiro atoms. The molecule has 2 aliphatic rings. The summed E-state index contributed by atoms with van der Waals surface area (Å²) >= 11 is 0. The first-order chi connectivity index (χ1) is 15.5. The topological polar surface area (TPSA) is 71.4 Å². The summed E-state index contributed by atoms with van der Waals surface area (Å²) in [5, 5.41) is 0.782. The Balaban J connectivity index is 1.20. The van der Waals surface area contributed by atoms with E-state index in [1.54, 1.807) is 12.1 Å². The fourth-order valence-electron chi connectivity index (χ4n) is 5.19. The Morgan fingerprint density at radius 2 is 1.97 bits per heavy atom. The van der Waals surface area contributed by atoms with E-state index in [1.165, 1.54) is 6.07 Å². The Morgan fingerprint density at radius 1 is 1.16 bits per heavy atom. The summed E-state index contributed by atoms with van der Waals surface area (Å²) in [6.07, 6.45) is 5.52. The number of nitrogens with one attached hydrogen (secondary N) is 1. The van der Waals surface area contributed by atoms with Crippen molar-refractivity contribution >= 4 is 16.8 Å². The Hall–Kier alpha value is -2.77. The molecule has 3 N–H and O–H groups in total. The number of rotatable bonds is 5. The maximum absolute atomic E-state index is 14.0. The molecule has 1 saturated heterocycles. The van der Waals surface area contributed by atoms with Crippen molar-refractivity contribution in [2.24, 2.45) is 5.73 Å². The number of nitrogens with zero attached hydrogens (tertiary/aromatic N) is 1. The monoisotopic (exact) mass is 439 g/mol. The van der Waals surface area contributed by atoms with Crippen LogP contribution in [0.2, 0.25) is 0 Å². The summed E-state index contributed by atoms with van der Waals surface area (Å²) in [6.45, 7) is 3.50. The molecule has 0 aliphatic carbocycles. The van der Waals surface area contributed by atoms with E-state index in [4.69, 9.17) is 10.5 Å². The van der Waals surface area contributed by atoms with Crippen LogP contribution in [0, 0.1) is 11.6 Å². The molecular weight excluding hydrogens is 412 g/mol. The van der Waals surface area contributed by atoms with E-state index in [9.17, 15) is 13.6 Å². The van der Waals surface area contributed by atoms with Crippen LogP contribution in [0.25, 0.3) is 10.9 Å². The number of carbonyl (C=O) groups is 1. The van der Waals surface area contributed by atoms with Crippen molar-refractivity contribution in [3.05, 3.63) is 70.4 Å². The third kappa shape index (κ3) is 3.91. The predicted molar refractivity (Wildman–Crippen MR) is 119 cm³/mol. The zero-order chi connectivity index (χ0) is 22.2. The number of benzene rings is 2. The number of primary amides is 1. The standard InChI is InChI=1S/C25H27F2N3O2/c26-21-4-3-19-20(14-29-24(19)23(21)27)15-5-9-30(10-6-15)11-7-22-18-2-1-17(25(28)31)13-16(18)8-12-32-22/h1-4,13-15,22,29H,5-12H2,(H2,28,31). The molecule has 0 radical (unpaired) electrons. The minimum absolute atomic E-state index is 0.0323. The summed E-state index contributed by atoms with van der Waals surface area (Å²) in [5.41, 5.74) is 9.61. The van der Waals surface area contributed by atoms with Gasteiger partial charge in [0.15, 0.2) is 11.6 Å². The van der Waals surface area contributed by atoms with E-state index in [1.807, 2.05) is 18.3 Å². The molecule has 0 saturated carbocycles. The van der Waals surface area contributed by atoms with Gasteiger partial charge in [-0.1, -0.05) is 6.07 Å². The fourth-order valence-corrected chi connectivity index (χ4v) is 5.19. The SMILES string of the molecule is NC(=O)c1ccc2c(c1)CCOC2CCN1CCC(c2c[nH]c3c(F)c(F)ccc23)CC1. The first-order valence-corrected chi connectivity index (χ1v) is 11.2. The van der Waals surface area contributed by atoms with Crippen LogP contribution in [0.15, 0.2) is 36.5 Å². The van der Waals surface area contributed by atoms with Gasteiger partial charge in [-0.3, -0.25) is 4.79 Å². The highest BCUT2D eigenvalue weighted by Crippen LogP contribution is 2.35. The highest BCUT2D eigenvalue weighted by atomic mass is 19.2. The number of amides is 1. The van der Waals surface area contributed by atoms with Crippen molar-refractivity contribution in [1.82, 2.24) is 9.88 Å². The van der Waals surface area contributed by atoms with Crippen molar-refractivity contribution in [1.29, 1.82) is 0 Å². The van der Waals surface area contributed by atoms with Crippen molar-refractivity contribution in [3.8, 4) is 0 Å². The molecule has 1 fully saturated rings. The van der Waals surface area contributed by atoms with Gasteiger partial charge in [0.1, 0.15) is 0 Å². The maximum atomic E-state index is 14.0. The third-order valence-corrected chi connectivity index (χ3v) is 6.98. The van der Waals surface area contributed by atoms with Crippen LogP contribution in [0.4, 0.5) is 8.78 Å². The smallest absolute Gasteiger partial charge is 0.248 e. The van der Waals surface area contributed by atoms with Gasteiger partial charge >= 0.3 is 0 Å². The zero-order valence-corrected chi connectivity index (χ0v) is 17.9. The predicted octanol–water partition coefficient (Wildman–Crippen LogP) is 4.43. The number of likely N-dealkylation sites (tertiary alicyclic amines) is 1. The third-order valence-electron chi connectivity index (χ3n) is 6.98. The quantitative estimate of drug-likeness (QED) is 0.618. The molecule has 2 aliphatic heterocycles. The molecule has 7 heteroatoms.